The smallest absolute Gasteiger partial charge is 0.336 e. The van der Waals surface area contributed by atoms with E-state index in [4.69, 9.17) is 30.5 Å². The average Bonchev–Trinajstić information content (AvgIpc) is 2.91. The van der Waals surface area contributed by atoms with E-state index < -0.39 is 17.8 Å². The van der Waals surface area contributed by atoms with Gasteiger partial charge in [0, 0.05) is 12.1 Å². The van der Waals surface area contributed by atoms with Crippen molar-refractivity contribution in [3.63, 3.8) is 0 Å². The van der Waals surface area contributed by atoms with Crippen molar-refractivity contribution in [2.24, 2.45) is 0 Å². The van der Waals surface area contributed by atoms with Gasteiger partial charge in [-0.2, -0.15) is 0 Å². The summed E-state index contributed by atoms with van der Waals surface area (Å²) in [6.45, 7) is 4.50. The number of benzene rings is 3. The Balaban J connectivity index is 1.71. The number of carbonyl (C=O) groups is 3. The summed E-state index contributed by atoms with van der Waals surface area (Å²) in [7, 11) is 2.76. The molecule has 0 radical (unpaired) electrons. The van der Waals surface area contributed by atoms with Crippen LogP contribution < -0.4 is 29.2 Å². The highest BCUT2D eigenvalue weighted by Crippen LogP contribution is 2.40. The lowest BCUT2D eigenvalue weighted by atomic mass is 10.1. The van der Waals surface area contributed by atoms with Crippen LogP contribution in [0.3, 0.4) is 0 Å². The molecule has 0 atom stereocenters. The Morgan fingerprint density at radius 1 is 0.975 bits per heavy atom. The van der Waals surface area contributed by atoms with E-state index in [1.54, 1.807) is 12.1 Å². The third-order valence-corrected chi connectivity index (χ3v) is 6.79. The fraction of sp³-hybridized carbons (Fsp3) is 0.207. The lowest BCUT2D eigenvalue weighted by Gasteiger charge is -2.28. The molecule has 0 aliphatic carbocycles. The number of carbonyl (C=O) groups excluding carboxylic acids is 3. The van der Waals surface area contributed by atoms with Crippen LogP contribution in [0.2, 0.25) is 5.02 Å². The van der Waals surface area contributed by atoms with E-state index in [-0.39, 0.29) is 27.8 Å². The van der Waals surface area contributed by atoms with Gasteiger partial charge >= 0.3 is 6.03 Å². The van der Waals surface area contributed by atoms with Gasteiger partial charge in [0.05, 0.1) is 36.0 Å². The maximum absolute atomic E-state index is 13.5. The minimum Gasteiger partial charge on any atom is -0.495 e. The summed E-state index contributed by atoms with van der Waals surface area (Å²) in [6.07, 6.45) is 1.37. The highest BCUT2D eigenvalue weighted by Gasteiger charge is 2.38. The Kier molecular flexibility index (Phi) is 9.01. The Hall–Kier alpha value is -4.02. The second-order valence-electron chi connectivity index (χ2n) is 8.66. The monoisotopic (exact) mass is 628 g/mol. The van der Waals surface area contributed by atoms with Crippen LogP contribution in [0.5, 0.6) is 23.0 Å². The van der Waals surface area contributed by atoms with Gasteiger partial charge in [0.2, 0.25) is 0 Å². The molecule has 3 aromatic carbocycles. The largest absolute Gasteiger partial charge is 0.495 e. The number of aryl methyl sites for hydroxylation is 1. The Labute approximate surface area is 244 Å². The first kappa shape index (κ1) is 29.0. The molecule has 1 heterocycles. The highest BCUT2D eigenvalue weighted by molar-refractivity contribution is 9.10. The molecule has 0 aromatic heterocycles. The first-order valence-corrected chi connectivity index (χ1v) is 13.3. The number of urea groups is 1. The topological polar surface area (TPSA) is 103 Å². The lowest BCUT2D eigenvalue weighted by molar-refractivity contribution is -0.122. The van der Waals surface area contributed by atoms with E-state index in [1.165, 1.54) is 32.4 Å². The molecule has 11 heteroatoms. The van der Waals surface area contributed by atoms with Crippen molar-refractivity contribution >= 4 is 57.1 Å². The number of amides is 4. The molecule has 208 valence electrons. The summed E-state index contributed by atoms with van der Waals surface area (Å²) in [5.41, 5.74) is 2.35. The van der Waals surface area contributed by atoms with Gasteiger partial charge in [-0.1, -0.05) is 41.4 Å². The second kappa shape index (κ2) is 12.4. The van der Waals surface area contributed by atoms with Gasteiger partial charge in [-0.05, 0) is 59.1 Å². The molecule has 3 aromatic rings. The van der Waals surface area contributed by atoms with Gasteiger partial charge < -0.3 is 18.9 Å². The fourth-order valence-corrected chi connectivity index (χ4v) is 4.90. The van der Waals surface area contributed by atoms with Crippen LogP contribution >= 0.6 is 27.5 Å². The predicted molar refractivity (Wildman–Crippen MR) is 154 cm³/mol. The summed E-state index contributed by atoms with van der Waals surface area (Å²) >= 11 is 9.71. The number of imide groups is 2. The Bertz CT molecular complexity index is 1520. The molecule has 1 aliphatic heterocycles. The zero-order chi connectivity index (χ0) is 29.0. The molecule has 0 unspecified atom stereocenters. The minimum absolute atomic E-state index is 0.0562. The zero-order valence-electron chi connectivity index (χ0n) is 22.2. The van der Waals surface area contributed by atoms with Crippen LogP contribution in [-0.2, 0) is 16.2 Å². The zero-order valence-corrected chi connectivity index (χ0v) is 24.5. The van der Waals surface area contributed by atoms with Gasteiger partial charge in [-0.15, -0.1) is 0 Å². The first-order valence-electron chi connectivity index (χ1n) is 12.1. The van der Waals surface area contributed by atoms with Crippen LogP contribution in [0.4, 0.5) is 10.5 Å². The number of halogens is 2. The molecule has 4 amide bonds. The Morgan fingerprint density at radius 3 is 2.40 bits per heavy atom. The molecule has 0 spiro atoms. The molecule has 1 fully saturated rings. The van der Waals surface area contributed by atoms with E-state index in [9.17, 15) is 14.4 Å². The number of methoxy groups -OCH3 is 2. The molecule has 9 nitrogen and oxygen atoms in total. The van der Waals surface area contributed by atoms with Gasteiger partial charge in [-0.3, -0.25) is 14.9 Å². The van der Waals surface area contributed by atoms with Crippen molar-refractivity contribution in [1.29, 1.82) is 0 Å². The normalized spacial score (nSPS) is 14.3. The van der Waals surface area contributed by atoms with Crippen molar-refractivity contribution in [2.75, 3.05) is 25.7 Å². The highest BCUT2D eigenvalue weighted by atomic mass is 79.9. The van der Waals surface area contributed by atoms with E-state index in [0.29, 0.717) is 34.7 Å². The van der Waals surface area contributed by atoms with E-state index in [2.05, 4.69) is 21.2 Å². The molecular weight excluding hydrogens is 604 g/mol. The summed E-state index contributed by atoms with van der Waals surface area (Å²) in [5, 5.41) is 2.42. The number of nitrogens with zero attached hydrogens (tertiary/aromatic N) is 1. The molecule has 4 rings (SSSR count). The van der Waals surface area contributed by atoms with Gasteiger partial charge in [-0.25, -0.2) is 9.69 Å². The van der Waals surface area contributed by atoms with Gasteiger partial charge in [0.1, 0.15) is 23.7 Å². The third kappa shape index (κ3) is 6.08. The van der Waals surface area contributed by atoms with Crippen LogP contribution in [-0.4, -0.2) is 38.7 Å². The number of ether oxygens (including phenoxy) is 4. The quantitative estimate of drug-likeness (QED) is 0.226. The van der Waals surface area contributed by atoms with E-state index in [0.717, 1.165) is 16.0 Å². The second-order valence-corrected chi connectivity index (χ2v) is 9.92. The summed E-state index contributed by atoms with van der Waals surface area (Å²) in [6, 6.07) is 13.2. The van der Waals surface area contributed by atoms with Crippen molar-refractivity contribution in [1.82, 2.24) is 5.32 Å². The van der Waals surface area contributed by atoms with Crippen LogP contribution in [0.1, 0.15) is 23.6 Å². The number of hydrogen-bond donors (Lipinski definition) is 1. The third-order valence-electron chi connectivity index (χ3n) is 5.90. The molecule has 1 aliphatic rings. The SMILES string of the molecule is CCOc1cc(/C=C2\C(=O)NC(=O)N(c3cc(OC)c(Cl)cc3OC)C2=O)cc(Br)c1OCc1cccc(C)c1. The Morgan fingerprint density at radius 2 is 1.73 bits per heavy atom. The predicted octanol–water partition coefficient (Wildman–Crippen LogP) is 6.07. The van der Waals surface area contributed by atoms with Crippen molar-refractivity contribution in [2.45, 2.75) is 20.5 Å². The number of anilines is 1. The van der Waals surface area contributed by atoms with Crippen LogP contribution in [0.15, 0.2) is 58.6 Å². The summed E-state index contributed by atoms with van der Waals surface area (Å²) in [4.78, 5) is 39.9. The lowest BCUT2D eigenvalue weighted by Crippen LogP contribution is -2.54. The average molecular weight is 630 g/mol. The van der Waals surface area contributed by atoms with Crippen molar-refractivity contribution in [3.05, 3.63) is 80.3 Å². The van der Waals surface area contributed by atoms with Crippen LogP contribution in [0.25, 0.3) is 6.08 Å². The van der Waals surface area contributed by atoms with E-state index >= 15 is 0 Å². The number of barbiturate groups is 1. The summed E-state index contributed by atoms with van der Waals surface area (Å²) < 4.78 is 23.0. The van der Waals surface area contributed by atoms with Gasteiger partial charge in [0.15, 0.2) is 11.5 Å². The maximum Gasteiger partial charge on any atom is 0.336 e. The minimum atomic E-state index is -0.939. The van der Waals surface area contributed by atoms with Crippen molar-refractivity contribution in [3.8, 4) is 23.0 Å². The maximum atomic E-state index is 13.5. The molecule has 1 saturated heterocycles. The molecule has 1 N–H and O–H groups in total. The fourth-order valence-electron chi connectivity index (χ4n) is 4.09. The van der Waals surface area contributed by atoms with Gasteiger partial charge in [0.25, 0.3) is 11.8 Å². The molecule has 0 bridgehead atoms. The first-order chi connectivity index (χ1) is 19.2. The number of nitrogens with one attached hydrogen (secondary N) is 1. The molecule has 0 saturated carbocycles. The van der Waals surface area contributed by atoms with E-state index in [1.807, 2.05) is 38.1 Å². The summed E-state index contributed by atoms with van der Waals surface area (Å²) in [5.74, 6) is -0.464. The number of rotatable bonds is 9. The standard InChI is InChI=1S/C29H26BrClN2O7/c1-5-39-25-12-18(11-20(30)26(25)40-15-17-8-6-7-16(2)9-17)10-19-27(34)32-29(36)33(28(19)35)22-14-23(37-3)21(31)13-24(22)38-4/h6-14H,5,15H2,1-4H3,(H,32,34,36)/b19-10+. The van der Waals surface area contributed by atoms with Crippen molar-refractivity contribution < 1.29 is 33.3 Å². The molecule has 40 heavy (non-hydrogen) atoms. The molecular formula is C29H26BrClN2O7. The van der Waals surface area contributed by atoms with Crippen LogP contribution in [0, 0.1) is 6.92 Å². The number of hydrogen-bond acceptors (Lipinski definition) is 7.